The van der Waals surface area contributed by atoms with E-state index in [4.69, 9.17) is 4.52 Å². The number of benzene rings is 2. The fraction of sp³-hybridized carbons (Fsp3) is 0. The third-order valence-electron chi connectivity index (χ3n) is 2.71. The maximum absolute atomic E-state index is 13.1. The minimum absolute atomic E-state index is 0.162. The van der Waals surface area contributed by atoms with Crippen molar-refractivity contribution >= 4 is 15.9 Å². The number of aromatic hydroxyl groups is 1. The second-order valence-electron chi connectivity index (χ2n) is 4.09. The predicted molar refractivity (Wildman–Crippen MR) is 74.5 cm³/mol. The summed E-state index contributed by atoms with van der Waals surface area (Å²) in [4.78, 5) is 4.26. The minimum Gasteiger partial charge on any atom is -0.508 e. The first kappa shape index (κ1) is 12.8. The van der Waals surface area contributed by atoms with Gasteiger partial charge in [0.25, 0.3) is 5.89 Å². The molecule has 1 aromatic heterocycles. The van der Waals surface area contributed by atoms with Gasteiger partial charge in [0.15, 0.2) is 0 Å². The van der Waals surface area contributed by atoms with E-state index in [-0.39, 0.29) is 11.6 Å². The van der Waals surface area contributed by atoms with Gasteiger partial charge in [0, 0.05) is 15.6 Å². The third kappa shape index (κ3) is 2.42. The van der Waals surface area contributed by atoms with Gasteiger partial charge in [0.1, 0.15) is 11.6 Å². The van der Waals surface area contributed by atoms with E-state index >= 15 is 0 Å². The van der Waals surface area contributed by atoms with Crippen molar-refractivity contribution in [1.29, 1.82) is 0 Å². The van der Waals surface area contributed by atoms with E-state index in [9.17, 15) is 9.50 Å². The molecule has 3 rings (SSSR count). The van der Waals surface area contributed by atoms with E-state index in [2.05, 4.69) is 26.1 Å². The normalized spacial score (nSPS) is 10.7. The Bertz CT molecular complexity index is 756. The molecule has 0 aliphatic rings. The van der Waals surface area contributed by atoms with Crippen LogP contribution >= 0.6 is 15.9 Å². The fourth-order valence-electron chi connectivity index (χ4n) is 1.72. The van der Waals surface area contributed by atoms with Crippen LogP contribution in [0.2, 0.25) is 0 Å². The summed E-state index contributed by atoms with van der Waals surface area (Å²) in [7, 11) is 0. The molecule has 1 N–H and O–H groups in total. The van der Waals surface area contributed by atoms with E-state index in [1.165, 1.54) is 24.3 Å². The van der Waals surface area contributed by atoms with Gasteiger partial charge in [-0.2, -0.15) is 4.98 Å². The number of phenols is 1. The number of hydrogen-bond donors (Lipinski definition) is 1. The molecule has 100 valence electrons. The van der Waals surface area contributed by atoms with Crippen LogP contribution in [-0.4, -0.2) is 15.2 Å². The molecule has 20 heavy (non-hydrogen) atoms. The molecule has 2 aromatic carbocycles. The molecule has 0 aliphatic heterocycles. The van der Waals surface area contributed by atoms with Crippen molar-refractivity contribution in [2.75, 3.05) is 0 Å². The second-order valence-corrected chi connectivity index (χ2v) is 4.95. The number of hydrogen-bond acceptors (Lipinski definition) is 4. The summed E-state index contributed by atoms with van der Waals surface area (Å²) >= 11 is 3.26. The van der Waals surface area contributed by atoms with E-state index < -0.39 is 0 Å². The maximum Gasteiger partial charge on any atom is 0.258 e. The highest BCUT2D eigenvalue weighted by atomic mass is 79.9. The summed E-state index contributed by atoms with van der Waals surface area (Å²) in [6.45, 7) is 0. The van der Waals surface area contributed by atoms with Crippen LogP contribution in [0.3, 0.4) is 0 Å². The number of rotatable bonds is 2. The van der Waals surface area contributed by atoms with Crippen LogP contribution in [0.15, 0.2) is 51.5 Å². The van der Waals surface area contributed by atoms with E-state index in [1.54, 1.807) is 18.2 Å². The topological polar surface area (TPSA) is 59.2 Å². The predicted octanol–water partition coefficient (Wildman–Crippen LogP) is 4.01. The number of nitrogens with zero attached hydrogens (tertiary/aromatic N) is 2. The Labute approximate surface area is 122 Å². The Hall–Kier alpha value is -2.21. The average molecular weight is 335 g/mol. The molecule has 0 aliphatic carbocycles. The Kier molecular flexibility index (Phi) is 3.23. The Morgan fingerprint density at radius 3 is 2.55 bits per heavy atom. The Balaban J connectivity index is 1.99. The molecule has 1 heterocycles. The van der Waals surface area contributed by atoms with Crippen molar-refractivity contribution in [2.24, 2.45) is 0 Å². The highest BCUT2D eigenvalue weighted by Crippen LogP contribution is 2.29. The lowest BCUT2D eigenvalue weighted by molar-refractivity contribution is 0.432. The zero-order chi connectivity index (χ0) is 14.1. The molecule has 0 saturated heterocycles. The monoisotopic (exact) mass is 334 g/mol. The van der Waals surface area contributed by atoms with Gasteiger partial charge in [-0.05, 0) is 58.4 Å². The van der Waals surface area contributed by atoms with Gasteiger partial charge < -0.3 is 9.63 Å². The molecule has 4 nitrogen and oxygen atoms in total. The molecule has 0 radical (unpaired) electrons. The van der Waals surface area contributed by atoms with Gasteiger partial charge in [-0.3, -0.25) is 0 Å². The molecule has 0 amide bonds. The van der Waals surface area contributed by atoms with Crippen molar-refractivity contribution in [3.05, 3.63) is 52.8 Å². The van der Waals surface area contributed by atoms with Crippen LogP contribution in [0.25, 0.3) is 22.8 Å². The number of phenolic OH excluding ortho intramolecular Hbond substituents is 1. The average Bonchev–Trinajstić information content (AvgIpc) is 2.89. The molecule has 3 aromatic rings. The summed E-state index contributed by atoms with van der Waals surface area (Å²) in [5.74, 6) is 0.508. The summed E-state index contributed by atoms with van der Waals surface area (Å²) in [5, 5.41) is 13.1. The lowest BCUT2D eigenvalue weighted by Crippen LogP contribution is -1.84. The van der Waals surface area contributed by atoms with Crippen molar-refractivity contribution in [2.45, 2.75) is 0 Å². The van der Waals surface area contributed by atoms with Gasteiger partial charge in [0.2, 0.25) is 5.82 Å². The van der Waals surface area contributed by atoms with Crippen molar-refractivity contribution in [3.8, 4) is 28.6 Å². The van der Waals surface area contributed by atoms with Crippen LogP contribution < -0.4 is 0 Å². The summed E-state index contributed by atoms with van der Waals surface area (Å²) in [6, 6.07) is 10.7. The molecule has 0 saturated carbocycles. The zero-order valence-electron chi connectivity index (χ0n) is 10.0. The quantitative estimate of drug-likeness (QED) is 0.769. The first-order chi connectivity index (χ1) is 9.63. The zero-order valence-corrected chi connectivity index (χ0v) is 11.6. The molecule has 6 heteroatoms. The Morgan fingerprint density at radius 2 is 1.85 bits per heavy atom. The van der Waals surface area contributed by atoms with Gasteiger partial charge in [-0.25, -0.2) is 4.39 Å². The molecular formula is C14H8BrFN2O2. The van der Waals surface area contributed by atoms with Crippen LogP contribution in [0.5, 0.6) is 5.75 Å². The van der Waals surface area contributed by atoms with Gasteiger partial charge in [0.05, 0.1) is 0 Å². The van der Waals surface area contributed by atoms with E-state index in [0.29, 0.717) is 27.3 Å². The lowest BCUT2D eigenvalue weighted by Gasteiger charge is -1.98. The molecule has 0 fully saturated rings. The van der Waals surface area contributed by atoms with Crippen molar-refractivity contribution in [3.63, 3.8) is 0 Å². The third-order valence-corrected chi connectivity index (χ3v) is 3.37. The largest absolute Gasteiger partial charge is 0.508 e. The standard InChI is InChI=1S/C14H8BrFN2O2/c15-12-7-9(16)3-6-11(12)13-17-14(20-18-13)8-1-4-10(19)5-2-8/h1-7,19H. The van der Waals surface area contributed by atoms with Crippen molar-refractivity contribution < 1.29 is 14.0 Å². The Morgan fingerprint density at radius 1 is 1.10 bits per heavy atom. The highest BCUT2D eigenvalue weighted by Gasteiger charge is 2.13. The van der Waals surface area contributed by atoms with Crippen LogP contribution in [-0.2, 0) is 0 Å². The molecule has 0 bridgehead atoms. The lowest BCUT2D eigenvalue weighted by atomic mass is 10.2. The fourth-order valence-corrected chi connectivity index (χ4v) is 2.25. The molecule has 0 unspecified atom stereocenters. The summed E-state index contributed by atoms with van der Waals surface area (Å²) in [6.07, 6.45) is 0. The summed E-state index contributed by atoms with van der Waals surface area (Å²) < 4.78 is 18.8. The van der Waals surface area contributed by atoms with Crippen LogP contribution in [0.1, 0.15) is 0 Å². The van der Waals surface area contributed by atoms with E-state index in [0.717, 1.165) is 0 Å². The smallest absolute Gasteiger partial charge is 0.258 e. The minimum atomic E-state index is -0.345. The first-order valence-corrected chi connectivity index (χ1v) is 6.51. The van der Waals surface area contributed by atoms with Gasteiger partial charge in [-0.1, -0.05) is 5.16 Å². The second kappa shape index (κ2) is 5.05. The molecule has 0 atom stereocenters. The van der Waals surface area contributed by atoms with Crippen molar-refractivity contribution in [1.82, 2.24) is 10.1 Å². The molecule has 0 spiro atoms. The SMILES string of the molecule is Oc1ccc(-c2nc(-c3ccc(F)cc3Br)no2)cc1. The van der Waals surface area contributed by atoms with Gasteiger partial charge >= 0.3 is 0 Å². The first-order valence-electron chi connectivity index (χ1n) is 5.72. The van der Waals surface area contributed by atoms with Gasteiger partial charge in [-0.15, -0.1) is 0 Å². The van der Waals surface area contributed by atoms with Crippen LogP contribution in [0.4, 0.5) is 4.39 Å². The maximum atomic E-state index is 13.1. The highest BCUT2D eigenvalue weighted by molar-refractivity contribution is 9.10. The van der Waals surface area contributed by atoms with Crippen LogP contribution in [0, 0.1) is 5.82 Å². The van der Waals surface area contributed by atoms with E-state index in [1.807, 2.05) is 0 Å². The number of halogens is 2. The summed E-state index contributed by atoms with van der Waals surface area (Å²) in [5.41, 5.74) is 1.33. The number of aromatic nitrogens is 2. The molecular weight excluding hydrogens is 327 g/mol.